The maximum absolute atomic E-state index is 11.2. The average Bonchev–Trinajstić information content (AvgIpc) is 2.76. The van der Waals surface area contributed by atoms with Crippen LogP contribution in [0.25, 0.3) is 0 Å². The lowest BCUT2D eigenvalue weighted by Gasteiger charge is -2.45. The number of aliphatic hydroxyl groups is 7. The number of hydroxylamine groups is 1. The number of carbonyl (C=O) groups excluding carboxylic acids is 1. The number of rotatable bonds is 8. The SMILES string of the molecule is C#CONC(=O)OCOC1OC(CO)C(O)C(OC2OC(CO)C(O)C(O)C2O)C1O. The minimum Gasteiger partial charge on any atom is -0.420 e. The van der Waals surface area contributed by atoms with Crippen molar-refractivity contribution in [3.63, 3.8) is 0 Å². The summed E-state index contributed by atoms with van der Waals surface area (Å²) in [6, 6.07) is 0. The van der Waals surface area contributed by atoms with Gasteiger partial charge in [0.1, 0.15) is 54.9 Å². The van der Waals surface area contributed by atoms with E-state index in [0.29, 0.717) is 0 Å². The summed E-state index contributed by atoms with van der Waals surface area (Å²) in [6.45, 7) is -2.24. The Morgan fingerprint density at radius 3 is 2.13 bits per heavy atom. The fraction of sp³-hybridized carbons (Fsp3) is 0.812. The molecule has 2 fully saturated rings. The summed E-state index contributed by atoms with van der Waals surface area (Å²) in [5.41, 5.74) is 1.70. The quantitative estimate of drug-likeness (QED) is 0.0973. The van der Waals surface area contributed by atoms with Crippen LogP contribution < -0.4 is 5.48 Å². The molecule has 31 heavy (non-hydrogen) atoms. The zero-order chi connectivity index (χ0) is 23.1. The van der Waals surface area contributed by atoms with Crippen LogP contribution >= 0.6 is 0 Å². The fourth-order valence-electron chi connectivity index (χ4n) is 2.94. The first kappa shape index (κ1) is 25.5. The summed E-state index contributed by atoms with van der Waals surface area (Å²) in [5, 5.41) is 69.2. The van der Waals surface area contributed by atoms with Gasteiger partial charge in [0, 0.05) is 0 Å². The molecular weight excluding hydrogens is 430 g/mol. The molecule has 178 valence electrons. The Morgan fingerprint density at radius 1 is 0.903 bits per heavy atom. The molecule has 0 aliphatic carbocycles. The highest BCUT2D eigenvalue weighted by atomic mass is 16.8. The molecule has 2 aliphatic rings. The first-order chi connectivity index (χ1) is 14.7. The van der Waals surface area contributed by atoms with Crippen LogP contribution in [0.4, 0.5) is 4.79 Å². The summed E-state index contributed by atoms with van der Waals surface area (Å²) in [5.74, 6) is 0. The summed E-state index contributed by atoms with van der Waals surface area (Å²) < 4.78 is 25.3. The van der Waals surface area contributed by atoms with Crippen LogP contribution in [-0.4, -0.2) is 123 Å². The fourth-order valence-corrected chi connectivity index (χ4v) is 2.94. The molecule has 0 aromatic heterocycles. The zero-order valence-corrected chi connectivity index (χ0v) is 16.0. The Kier molecular flexibility index (Phi) is 9.61. The van der Waals surface area contributed by atoms with Gasteiger partial charge in [0.05, 0.1) is 13.2 Å². The van der Waals surface area contributed by atoms with Gasteiger partial charge in [-0.2, -0.15) is 0 Å². The lowest BCUT2D eigenvalue weighted by molar-refractivity contribution is -0.363. The van der Waals surface area contributed by atoms with E-state index in [1.165, 1.54) is 0 Å². The van der Waals surface area contributed by atoms with E-state index >= 15 is 0 Å². The molecule has 0 spiro atoms. The van der Waals surface area contributed by atoms with Crippen molar-refractivity contribution in [1.29, 1.82) is 0 Å². The normalized spacial score (nSPS) is 40.6. The topological polar surface area (TPSA) is 226 Å². The predicted octanol–water partition coefficient (Wildman–Crippen LogP) is -5.17. The van der Waals surface area contributed by atoms with Crippen LogP contribution in [-0.2, 0) is 28.5 Å². The van der Waals surface area contributed by atoms with Crippen molar-refractivity contribution in [2.75, 3.05) is 20.0 Å². The molecule has 2 saturated heterocycles. The molecule has 0 saturated carbocycles. The molecule has 10 atom stereocenters. The van der Waals surface area contributed by atoms with Crippen LogP contribution in [0.1, 0.15) is 0 Å². The second kappa shape index (κ2) is 11.7. The van der Waals surface area contributed by atoms with E-state index in [0.717, 1.165) is 0 Å². The molecule has 0 aromatic rings. The Labute approximate surface area is 175 Å². The van der Waals surface area contributed by atoms with Gasteiger partial charge in [-0.3, -0.25) is 0 Å². The summed E-state index contributed by atoms with van der Waals surface area (Å²) in [6.07, 6.45) is -10.9. The number of aliphatic hydroxyl groups excluding tert-OH is 7. The molecule has 8 N–H and O–H groups in total. The Hall–Kier alpha value is -1.81. The lowest BCUT2D eigenvalue weighted by Crippen LogP contribution is -2.64. The number of hydrogen-bond acceptors (Lipinski definition) is 14. The van der Waals surface area contributed by atoms with Gasteiger partial charge in [0.15, 0.2) is 19.4 Å². The maximum atomic E-state index is 11.2. The number of hydrogen-bond donors (Lipinski definition) is 8. The Morgan fingerprint density at radius 2 is 1.52 bits per heavy atom. The molecule has 15 heteroatoms. The number of amides is 1. The maximum Gasteiger partial charge on any atom is 0.443 e. The largest absolute Gasteiger partial charge is 0.443 e. The van der Waals surface area contributed by atoms with Gasteiger partial charge >= 0.3 is 6.09 Å². The lowest BCUT2D eigenvalue weighted by atomic mass is 9.97. The zero-order valence-electron chi connectivity index (χ0n) is 16.0. The molecule has 15 nitrogen and oxygen atoms in total. The van der Waals surface area contributed by atoms with Crippen LogP contribution in [0.15, 0.2) is 0 Å². The van der Waals surface area contributed by atoms with Crippen molar-refractivity contribution in [2.45, 2.75) is 61.4 Å². The molecule has 1 amide bonds. The van der Waals surface area contributed by atoms with E-state index in [4.69, 9.17) is 25.4 Å². The summed E-state index contributed by atoms with van der Waals surface area (Å²) in [7, 11) is 0. The Bertz CT molecular complexity index is 614. The summed E-state index contributed by atoms with van der Waals surface area (Å²) >= 11 is 0. The third-order valence-electron chi connectivity index (χ3n) is 4.58. The average molecular weight is 455 g/mol. The van der Waals surface area contributed by atoms with Crippen molar-refractivity contribution < 1.29 is 69.1 Å². The minimum absolute atomic E-state index is 0.725. The van der Waals surface area contributed by atoms with Crippen molar-refractivity contribution in [2.24, 2.45) is 0 Å². The smallest absolute Gasteiger partial charge is 0.420 e. The third kappa shape index (κ3) is 6.12. The summed E-state index contributed by atoms with van der Waals surface area (Å²) in [4.78, 5) is 15.4. The molecule has 2 rings (SSSR count). The number of carbonyl (C=O) groups is 1. The first-order valence-electron chi connectivity index (χ1n) is 8.99. The highest BCUT2D eigenvalue weighted by molar-refractivity contribution is 5.65. The van der Waals surface area contributed by atoms with Gasteiger partial charge in [-0.15, -0.1) is 5.48 Å². The van der Waals surface area contributed by atoms with Crippen LogP contribution in [0.5, 0.6) is 0 Å². The highest BCUT2D eigenvalue weighted by Crippen LogP contribution is 2.29. The van der Waals surface area contributed by atoms with E-state index in [1.807, 2.05) is 0 Å². The predicted molar refractivity (Wildman–Crippen MR) is 91.9 cm³/mol. The van der Waals surface area contributed by atoms with Crippen molar-refractivity contribution in [3.05, 3.63) is 0 Å². The van der Waals surface area contributed by atoms with Crippen LogP contribution in [0.2, 0.25) is 0 Å². The highest BCUT2D eigenvalue weighted by Gasteiger charge is 2.50. The van der Waals surface area contributed by atoms with E-state index < -0.39 is 87.5 Å². The first-order valence-corrected chi connectivity index (χ1v) is 8.99. The standard InChI is InChI=1S/C16H25NO14/c1-2-28-17-16(25)27-5-26-14-12(24)13(9(21)7(4-19)29-14)31-15-11(23)10(22)8(20)6(3-18)30-15/h1,6-15,18-24H,3-5H2,(H,17,25). The van der Waals surface area contributed by atoms with Gasteiger partial charge in [-0.1, -0.05) is 6.42 Å². The van der Waals surface area contributed by atoms with E-state index in [2.05, 4.69) is 9.57 Å². The van der Waals surface area contributed by atoms with Gasteiger partial charge in [0.25, 0.3) is 0 Å². The minimum atomic E-state index is -1.81. The third-order valence-corrected chi connectivity index (χ3v) is 4.58. The molecule has 0 bridgehead atoms. The van der Waals surface area contributed by atoms with Crippen LogP contribution in [0.3, 0.4) is 0 Å². The van der Waals surface area contributed by atoms with Gasteiger partial charge < -0.3 is 64.3 Å². The molecule has 2 aliphatic heterocycles. The van der Waals surface area contributed by atoms with E-state index in [-0.39, 0.29) is 0 Å². The molecule has 2 heterocycles. The van der Waals surface area contributed by atoms with Crippen molar-refractivity contribution in [3.8, 4) is 12.5 Å². The van der Waals surface area contributed by atoms with E-state index in [9.17, 15) is 40.5 Å². The van der Waals surface area contributed by atoms with Gasteiger partial charge in [-0.25, -0.2) is 4.79 Å². The van der Waals surface area contributed by atoms with Crippen molar-refractivity contribution >= 4 is 6.09 Å². The Balaban J connectivity index is 2.03. The van der Waals surface area contributed by atoms with Gasteiger partial charge in [0.2, 0.25) is 0 Å². The second-order valence-corrected chi connectivity index (χ2v) is 6.54. The van der Waals surface area contributed by atoms with E-state index in [1.54, 1.807) is 11.6 Å². The molecule has 10 unspecified atom stereocenters. The monoisotopic (exact) mass is 455 g/mol. The molecule has 0 radical (unpaired) electrons. The number of nitrogens with one attached hydrogen (secondary N) is 1. The van der Waals surface area contributed by atoms with Crippen molar-refractivity contribution in [1.82, 2.24) is 5.48 Å². The van der Waals surface area contributed by atoms with Crippen LogP contribution in [0, 0.1) is 12.5 Å². The number of terminal acetylenes is 1. The molecule has 0 aromatic carbocycles. The van der Waals surface area contributed by atoms with Gasteiger partial charge in [-0.05, 0) is 0 Å². The number of ether oxygens (including phenoxy) is 5. The molecular formula is C16H25NO14. The second-order valence-electron chi connectivity index (χ2n) is 6.54.